The second kappa shape index (κ2) is 7.31. The first-order chi connectivity index (χ1) is 10.4. The number of nitrogens with zero attached hydrogens (tertiary/aromatic N) is 3. The fourth-order valence-electron chi connectivity index (χ4n) is 2.75. The van der Waals surface area contributed by atoms with Crippen LogP contribution in [0.4, 0.5) is 4.79 Å². The molecule has 0 aromatic rings. The highest BCUT2D eigenvalue weighted by Gasteiger charge is 2.49. The zero-order chi connectivity index (χ0) is 16.3. The standard InChI is InChI=1S/C13H24N4O3S2/c1-13(2)10(17(19)11(18)14-3)16(12(21)22-13)5-4-15-6-8-20-9-7-15/h10,19H,4-9H2,1-3H3,(H,14,18). The SMILES string of the molecule is CNC(=O)N(O)C1N(CCN2CCOCC2)C(=S)SC1(C)C. The van der Waals surface area contributed by atoms with Crippen LogP contribution in [0.3, 0.4) is 0 Å². The van der Waals surface area contributed by atoms with Gasteiger partial charge in [0, 0.05) is 33.2 Å². The van der Waals surface area contributed by atoms with E-state index in [0.717, 1.165) is 37.9 Å². The molecule has 2 aliphatic heterocycles. The number of rotatable bonds is 4. The van der Waals surface area contributed by atoms with E-state index in [1.807, 2.05) is 18.7 Å². The van der Waals surface area contributed by atoms with Crippen LogP contribution in [0.5, 0.6) is 0 Å². The van der Waals surface area contributed by atoms with Crippen molar-refractivity contribution in [3.05, 3.63) is 0 Å². The molecule has 0 radical (unpaired) electrons. The Labute approximate surface area is 140 Å². The van der Waals surface area contributed by atoms with Gasteiger partial charge in [0.05, 0.1) is 18.0 Å². The summed E-state index contributed by atoms with van der Waals surface area (Å²) in [6, 6.07) is -0.528. The first-order valence-electron chi connectivity index (χ1n) is 7.36. The molecule has 2 saturated heterocycles. The van der Waals surface area contributed by atoms with Crippen LogP contribution < -0.4 is 5.32 Å². The molecule has 0 aromatic carbocycles. The molecule has 2 amide bonds. The number of hydrogen-bond acceptors (Lipinski definition) is 6. The molecule has 1 atom stereocenters. The number of hydrogen-bond donors (Lipinski definition) is 2. The minimum Gasteiger partial charge on any atom is -0.379 e. The Balaban J connectivity index is 2.05. The molecule has 2 fully saturated rings. The number of carbonyl (C=O) groups is 1. The molecule has 9 heteroatoms. The smallest absolute Gasteiger partial charge is 0.342 e. The predicted molar refractivity (Wildman–Crippen MR) is 90.1 cm³/mol. The van der Waals surface area contributed by atoms with Crippen molar-refractivity contribution in [3.63, 3.8) is 0 Å². The van der Waals surface area contributed by atoms with E-state index in [1.54, 1.807) is 0 Å². The normalized spacial score (nSPS) is 25.4. The van der Waals surface area contributed by atoms with Crippen LogP contribution >= 0.6 is 24.0 Å². The Bertz CT molecular complexity index is 430. The van der Waals surface area contributed by atoms with Gasteiger partial charge < -0.3 is 15.0 Å². The maximum atomic E-state index is 11.8. The number of amides is 2. The van der Waals surface area contributed by atoms with Crippen LogP contribution in [0.15, 0.2) is 0 Å². The Hall–Kier alpha value is -0.610. The zero-order valence-corrected chi connectivity index (χ0v) is 14.9. The molecule has 2 rings (SSSR count). The van der Waals surface area contributed by atoms with Crippen molar-refractivity contribution in [2.45, 2.75) is 24.8 Å². The molecule has 0 spiro atoms. The van der Waals surface area contributed by atoms with E-state index in [-0.39, 0.29) is 4.75 Å². The summed E-state index contributed by atoms with van der Waals surface area (Å²) in [5.74, 6) is 0. The molecule has 2 heterocycles. The first-order valence-corrected chi connectivity index (χ1v) is 8.59. The van der Waals surface area contributed by atoms with Gasteiger partial charge in [-0.3, -0.25) is 10.1 Å². The first kappa shape index (κ1) is 17.7. The summed E-state index contributed by atoms with van der Waals surface area (Å²) in [6.07, 6.45) is -0.481. The van der Waals surface area contributed by atoms with Crippen molar-refractivity contribution >= 4 is 34.3 Å². The lowest BCUT2D eigenvalue weighted by Crippen LogP contribution is -2.57. The van der Waals surface area contributed by atoms with E-state index in [0.29, 0.717) is 10.9 Å². The van der Waals surface area contributed by atoms with Gasteiger partial charge in [-0.05, 0) is 13.8 Å². The van der Waals surface area contributed by atoms with Crippen LogP contribution in [0.1, 0.15) is 13.8 Å². The average Bonchev–Trinajstić information content (AvgIpc) is 2.73. The number of morpholine rings is 1. The van der Waals surface area contributed by atoms with E-state index in [4.69, 9.17) is 17.0 Å². The molecule has 0 bridgehead atoms. The van der Waals surface area contributed by atoms with Crippen molar-refractivity contribution in [2.24, 2.45) is 0 Å². The largest absolute Gasteiger partial charge is 0.379 e. The van der Waals surface area contributed by atoms with Gasteiger partial charge in [-0.1, -0.05) is 24.0 Å². The maximum absolute atomic E-state index is 11.8. The highest BCUT2D eigenvalue weighted by molar-refractivity contribution is 8.24. The highest BCUT2D eigenvalue weighted by atomic mass is 32.2. The van der Waals surface area contributed by atoms with Crippen molar-refractivity contribution in [3.8, 4) is 0 Å². The monoisotopic (exact) mass is 348 g/mol. The van der Waals surface area contributed by atoms with E-state index in [9.17, 15) is 10.0 Å². The molecular weight excluding hydrogens is 324 g/mol. The molecular formula is C13H24N4O3S2. The van der Waals surface area contributed by atoms with Gasteiger partial charge in [0.25, 0.3) is 0 Å². The minimum absolute atomic E-state index is 0.372. The van der Waals surface area contributed by atoms with Gasteiger partial charge in [0.15, 0.2) is 0 Å². The number of thiocarbonyl (C=S) groups is 1. The van der Waals surface area contributed by atoms with Crippen molar-refractivity contribution in [1.29, 1.82) is 0 Å². The summed E-state index contributed by atoms with van der Waals surface area (Å²) in [7, 11) is 1.50. The second-order valence-corrected chi connectivity index (χ2v) is 8.18. The van der Waals surface area contributed by atoms with E-state index in [1.165, 1.54) is 18.8 Å². The fraction of sp³-hybridized carbons (Fsp3) is 0.846. The van der Waals surface area contributed by atoms with Crippen LogP contribution in [0.25, 0.3) is 0 Å². The summed E-state index contributed by atoms with van der Waals surface area (Å²) in [4.78, 5) is 16.0. The Morgan fingerprint density at radius 3 is 2.73 bits per heavy atom. The summed E-state index contributed by atoms with van der Waals surface area (Å²) < 4.78 is 5.69. The average molecular weight is 348 g/mol. The van der Waals surface area contributed by atoms with Crippen molar-refractivity contribution in [1.82, 2.24) is 20.2 Å². The molecule has 126 valence electrons. The van der Waals surface area contributed by atoms with Crippen molar-refractivity contribution < 1.29 is 14.7 Å². The lowest BCUT2D eigenvalue weighted by atomic mass is 10.1. The van der Waals surface area contributed by atoms with Crippen molar-refractivity contribution in [2.75, 3.05) is 46.4 Å². The van der Waals surface area contributed by atoms with Crippen LogP contribution in [-0.2, 0) is 4.74 Å². The van der Waals surface area contributed by atoms with E-state index < -0.39 is 12.2 Å². The summed E-state index contributed by atoms with van der Waals surface area (Å²) in [6.45, 7) is 8.77. The third-order valence-electron chi connectivity index (χ3n) is 3.92. The van der Waals surface area contributed by atoms with E-state index in [2.05, 4.69) is 10.2 Å². The minimum atomic E-state index is -0.528. The number of nitrogens with one attached hydrogen (secondary N) is 1. The van der Waals surface area contributed by atoms with Gasteiger partial charge in [-0.2, -0.15) is 5.06 Å². The predicted octanol–water partition coefficient (Wildman–Crippen LogP) is 0.788. The van der Waals surface area contributed by atoms with Gasteiger partial charge >= 0.3 is 6.03 Å². The molecule has 1 unspecified atom stereocenters. The topological polar surface area (TPSA) is 68.3 Å². The second-order valence-electron chi connectivity index (χ2n) is 5.89. The van der Waals surface area contributed by atoms with Gasteiger partial charge in [0.2, 0.25) is 0 Å². The Kier molecular flexibility index (Phi) is 5.89. The molecule has 7 nitrogen and oxygen atoms in total. The maximum Gasteiger partial charge on any atom is 0.342 e. The summed E-state index contributed by atoms with van der Waals surface area (Å²) >= 11 is 6.97. The van der Waals surface area contributed by atoms with E-state index >= 15 is 0 Å². The molecule has 0 saturated carbocycles. The molecule has 0 aliphatic carbocycles. The van der Waals surface area contributed by atoms with Crippen LogP contribution in [-0.4, -0.2) is 87.8 Å². The Morgan fingerprint density at radius 2 is 2.14 bits per heavy atom. The number of ether oxygens (including phenoxy) is 1. The third kappa shape index (κ3) is 3.83. The molecule has 2 N–H and O–H groups in total. The molecule has 2 aliphatic rings. The lowest BCUT2D eigenvalue weighted by Gasteiger charge is -2.37. The fourth-order valence-corrected chi connectivity index (χ4v) is 4.68. The van der Waals surface area contributed by atoms with Gasteiger partial charge in [0.1, 0.15) is 10.5 Å². The Morgan fingerprint density at radius 1 is 1.50 bits per heavy atom. The lowest BCUT2D eigenvalue weighted by molar-refractivity contribution is -0.119. The van der Waals surface area contributed by atoms with Crippen LogP contribution in [0.2, 0.25) is 0 Å². The zero-order valence-electron chi connectivity index (χ0n) is 13.2. The molecule has 0 aromatic heterocycles. The molecule has 22 heavy (non-hydrogen) atoms. The van der Waals surface area contributed by atoms with Gasteiger partial charge in [-0.25, -0.2) is 4.79 Å². The number of urea groups is 1. The number of hydroxylamine groups is 2. The summed E-state index contributed by atoms with van der Waals surface area (Å²) in [5, 5.41) is 13.5. The quantitative estimate of drug-likeness (QED) is 0.442. The number of carbonyl (C=O) groups excluding carboxylic acids is 1. The summed E-state index contributed by atoms with van der Waals surface area (Å²) in [5.41, 5.74) is 0. The van der Waals surface area contributed by atoms with Gasteiger partial charge in [-0.15, -0.1) is 0 Å². The third-order valence-corrected chi connectivity index (χ3v) is 5.55. The highest BCUT2D eigenvalue weighted by Crippen LogP contribution is 2.42. The van der Waals surface area contributed by atoms with Crippen LogP contribution in [0, 0.1) is 0 Å². The number of thioether (sulfide) groups is 1.